The van der Waals surface area contributed by atoms with Crippen molar-refractivity contribution in [3.63, 3.8) is 0 Å². The largest absolute Gasteiger partial charge is 0.378 e. The minimum atomic E-state index is 0.399. The molecule has 0 amide bonds. The molecule has 0 atom stereocenters. The highest BCUT2D eigenvalue weighted by atomic mass is 32.1. The van der Waals surface area contributed by atoms with Crippen molar-refractivity contribution >= 4 is 22.6 Å². The second kappa shape index (κ2) is 4.76. The summed E-state index contributed by atoms with van der Waals surface area (Å²) in [5.74, 6) is 0.825. The van der Waals surface area contributed by atoms with E-state index in [0.717, 1.165) is 37.4 Å². The van der Waals surface area contributed by atoms with Gasteiger partial charge in [-0.15, -0.1) is 0 Å². The Bertz CT molecular complexity index is 309. The van der Waals surface area contributed by atoms with Gasteiger partial charge in [-0.3, -0.25) is 0 Å². The van der Waals surface area contributed by atoms with Crippen LogP contribution in [0.4, 0.5) is 11.1 Å². The van der Waals surface area contributed by atoms with Crippen LogP contribution in [0.25, 0.3) is 0 Å². The Balaban J connectivity index is 1.99. The zero-order valence-electron chi connectivity index (χ0n) is 9.06. The molecular formula is C9H16N4OS. The van der Waals surface area contributed by atoms with E-state index in [1.54, 1.807) is 0 Å². The van der Waals surface area contributed by atoms with Crippen molar-refractivity contribution in [2.45, 2.75) is 19.9 Å². The van der Waals surface area contributed by atoms with Gasteiger partial charge in [-0.2, -0.15) is 9.36 Å². The van der Waals surface area contributed by atoms with Crippen LogP contribution in [0.15, 0.2) is 0 Å². The van der Waals surface area contributed by atoms with Gasteiger partial charge in [0.05, 0.1) is 13.2 Å². The predicted octanol–water partition coefficient (Wildman–Crippen LogP) is 1.19. The topological polar surface area (TPSA) is 50.3 Å². The molecule has 0 aromatic carbocycles. The predicted molar refractivity (Wildman–Crippen MR) is 61.7 cm³/mol. The zero-order chi connectivity index (χ0) is 10.7. The maximum atomic E-state index is 5.28. The van der Waals surface area contributed by atoms with E-state index in [-0.39, 0.29) is 0 Å². The molecule has 0 radical (unpaired) electrons. The molecule has 1 aromatic heterocycles. The highest BCUT2D eigenvalue weighted by molar-refractivity contribution is 7.09. The van der Waals surface area contributed by atoms with Crippen LogP contribution < -0.4 is 10.2 Å². The average Bonchev–Trinajstić information content (AvgIpc) is 2.67. The van der Waals surface area contributed by atoms with Crippen molar-refractivity contribution in [1.29, 1.82) is 0 Å². The summed E-state index contributed by atoms with van der Waals surface area (Å²) in [7, 11) is 0. The summed E-state index contributed by atoms with van der Waals surface area (Å²) >= 11 is 1.42. The van der Waals surface area contributed by atoms with E-state index in [1.807, 2.05) is 0 Å². The molecule has 15 heavy (non-hydrogen) atoms. The number of morpholine rings is 1. The summed E-state index contributed by atoms with van der Waals surface area (Å²) in [5, 5.41) is 4.15. The summed E-state index contributed by atoms with van der Waals surface area (Å²) in [4.78, 5) is 6.60. The fraction of sp³-hybridized carbons (Fsp3) is 0.778. The third kappa shape index (κ3) is 2.79. The number of hydrogen-bond acceptors (Lipinski definition) is 6. The molecule has 1 fully saturated rings. The van der Waals surface area contributed by atoms with Gasteiger partial charge in [0.2, 0.25) is 11.1 Å². The Kier molecular flexibility index (Phi) is 3.37. The SMILES string of the molecule is CC(C)Nc1nc(N2CCOCC2)ns1. The first kappa shape index (κ1) is 10.6. The minimum Gasteiger partial charge on any atom is -0.378 e. The molecule has 0 spiro atoms. The first-order valence-electron chi connectivity index (χ1n) is 5.18. The molecule has 84 valence electrons. The second-order valence-corrected chi connectivity index (χ2v) is 4.55. The monoisotopic (exact) mass is 228 g/mol. The highest BCUT2D eigenvalue weighted by Crippen LogP contribution is 2.19. The van der Waals surface area contributed by atoms with E-state index in [0.29, 0.717) is 6.04 Å². The Morgan fingerprint density at radius 3 is 2.80 bits per heavy atom. The quantitative estimate of drug-likeness (QED) is 0.842. The number of anilines is 2. The fourth-order valence-corrected chi connectivity index (χ4v) is 2.15. The van der Waals surface area contributed by atoms with Crippen molar-refractivity contribution in [2.24, 2.45) is 0 Å². The van der Waals surface area contributed by atoms with Crippen LogP contribution in [0.1, 0.15) is 13.8 Å². The summed E-state index contributed by atoms with van der Waals surface area (Å²) in [6.45, 7) is 7.50. The van der Waals surface area contributed by atoms with Crippen molar-refractivity contribution in [2.75, 3.05) is 36.5 Å². The van der Waals surface area contributed by atoms with Crippen molar-refractivity contribution in [3.8, 4) is 0 Å². The van der Waals surface area contributed by atoms with Crippen LogP contribution in [0.2, 0.25) is 0 Å². The molecule has 5 nitrogen and oxygen atoms in total. The van der Waals surface area contributed by atoms with Crippen LogP contribution in [0, 0.1) is 0 Å². The van der Waals surface area contributed by atoms with Crippen molar-refractivity contribution in [1.82, 2.24) is 9.36 Å². The van der Waals surface area contributed by atoms with E-state index >= 15 is 0 Å². The number of nitrogens with zero attached hydrogens (tertiary/aromatic N) is 3. The second-order valence-electron chi connectivity index (χ2n) is 3.80. The molecule has 1 aromatic rings. The summed E-state index contributed by atoms with van der Waals surface area (Å²) < 4.78 is 9.61. The molecule has 0 bridgehead atoms. The smallest absolute Gasteiger partial charge is 0.239 e. The molecule has 0 aliphatic carbocycles. The van der Waals surface area contributed by atoms with Crippen LogP contribution in [-0.2, 0) is 4.74 Å². The Labute approximate surface area is 93.6 Å². The molecule has 2 heterocycles. The van der Waals surface area contributed by atoms with E-state index in [1.165, 1.54) is 11.5 Å². The van der Waals surface area contributed by atoms with Gasteiger partial charge in [0, 0.05) is 30.7 Å². The average molecular weight is 228 g/mol. The number of aromatic nitrogens is 2. The van der Waals surface area contributed by atoms with Crippen molar-refractivity contribution < 1.29 is 4.74 Å². The molecular weight excluding hydrogens is 212 g/mol. The van der Waals surface area contributed by atoms with Crippen molar-refractivity contribution in [3.05, 3.63) is 0 Å². The first-order valence-corrected chi connectivity index (χ1v) is 5.96. The Hall–Kier alpha value is -0.880. The van der Waals surface area contributed by atoms with Gasteiger partial charge in [-0.25, -0.2) is 0 Å². The van der Waals surface area contributed by atoms with Crippen LogP contribution in [0.5, 0.6) is 0 Å². The number of nitrogens with one attached hydrogen (secondary N) is 1. The van der Waals surface area contributed by atoms with Gasteiger partial charge in [-0.05, 0) is 13.8 Å². The molecule has 0 saturated carbocycles. The highest BCUT2D eigenvalue weighted by Gasteiger charge is 2.15. The van der Waals surface area contributed by atoms with Gasteiger partial charge in [0.1, 0.15) is 0 Å². The van der Waals surface area contributed by atoms with Gasteiger partial charge >= 0.3 is 0 Å². The Morgan fingerprint density at radius 1 is 1.40 bits per heavy atom. The Morgan fingerprint density at radius 2 is 2.13 bits per heavy atom. The van der Waals surface area contributed by atoms with Crippen LogP contribution in [-0.4, -0.2) is 41.7 Å². The third-order valence-corrected chi connectivity index (χ3v) is 2.76. The molecule has 2 rings (SSSR count). The zero-order valence-corrected chi connectivity index (χ0v) is 9.88. The van der Waals surface area contributed by atoms with Crippen LogP contribution >= 0.6 is 11.5 Å². The molecule has 1 aliphatic heterocycles. The summed E-state index contributed by atoms with van der Waals surface area (Å²) in [6, 6.07) is 0.399. The number of rotatable bonds is 3. The minimum absolute atomic E-state index is 0.399. The molecule has 1 saturated heterocycles. The van der Waals surface area contributed by atoms with Gasteiger partial charge in [-0.1, -0.05) is 0 Å². The van der Waals surface area contributed by atoms with E-state index in [4.69, 9.17) is 4.74 Å². The molecule has 0 unspecified atom stereocenters. The standard InChI is InChI=1S/C9H16N4OS/c1-7(2)10-9-11-8(12-15-9)13-3-5-14-6-4-13/h7H,3-6H2,1-2H3,(H,10,11,12). The maximum absolute atomic E-state index is 5.28. The third-order valence-electron chi connectivity index (χ3n) is 2.12. The van der Waals surface area contributed by atoms with Gasteiger partial charge < -0.3 is 15.0 Å². The van der Waals surface area contributed by atoms with E-state index in [9.17, 15) is 0 Å². The number of hydrogen-bond donors (Lipinski definition) is 1. The lowest BCUT2D eigenvalue weighted by atomic mass is 10.4. The van der Waals surface area contributed by atoms with Crippen LogP contribution in [0.3, 0.4) is 0 Å². The van der Waals surface area contributed by atoms with E-state index in [2.05, 4.69) is 33.4 Å². The van der Waals surface area contributed by atoms with E-state index < -0.39 is 0 Å². The summed E-state index contributed by atoms with van der Waals surface area (Å²) in [6.07, 6.45) is 0. The first-order chi connectivity index (χ1) is 7.25. The lowest BCUT2D eigenvalue weighted by Crippen LogP contribution is -2.36. The van der Waals surface area contributed by atoms with Gasteiger partial charge in [0.15, 0.2) is 0 Å². The lowest BCUT2D eigenvalue weighted by molar-refractivity contribution is 0.122. The van der Waals surface area contributed by atoms with Gasteiger partial charge in [0.25, 0.3) is 0 Å². The molecule has 1 N–H and O–H groups in total. The molecule has 1 aliphatic rings. The normalized spacial score (nSPS) is 17.1. The lowest BCUT2D eigenvalue weighted by Gasteiger charge is -2.25. The fourth-order valence-electron chi connectivity index (χ4n) is 1.41. The number of ether oxygens (including phenoxy) is 1. The maximum Gasteiger partial charge on any atom is 0.239 e. The molecule has 6 heteroatoms. The summed E-state index contributed by atoms with van der Waals surface area (Å²) in [5.41, 5.74) is 0.